The van der Waals surface area contributed by atoms with Gasteiger partial charge >= 0.3 is 0 Å². The number of amidine groups is 1. The summed E-state index contributed by atoms with van der Waals surface area (Å²) in [6.07, 6.45) is 1.58. The molecule has 0 aromatic heterocycles. The van der Waals surface area contributed by atoms with Gasteiger partial charge in [0.25, 0.3) is 0 Å². The third-order valence-corrected chi connectivity index (χ3v) is 1.22. The Morgan fingerprint density at radius 1 is 1.46 bits per heavy atom. The quantitative estimate of drug-likeness (QED) is 0.407. The van der Waals surface area contributed by atoms with E-state index >= 15 is 0 Å². The van der Waals surface area contributed by atoms with Crippen LogP contribution < -0.4 is 5.73 Å². The highest BCUT2D eigenvalue weighted by Crippen LogP contribution is 2.06. The molecule has 13 heavy (non-hydrogen) atoms. The van der Waals surface area contributed by atoms with E-state index in [2.05, 4.69) is 16.6 Å². The van der Waals surface area contributed by atoms with Crippen LogP contribution in [0.25, 0.3) is 0 Å². The van der Waals surface area contributed by atoms with E-state index in [4.69, 9.17) is 5.73 Å². The largest absolute Gasteiger partial charge is 0.382 e. The van der Waals surface area contributed by atoms with Crippen LogP contribution in [0.15, 0.2) is 33.8 Å². The first-order valence-electron chi connectivity index (χ1n) is 3.84. The molecule has 0 spiro atoms. The third kappa shape index (κ3) is 4.20. The number of rotatable bonds is 3. The van der Waals surface area contributed by atoms with E-state index in [-0.39, 0.29) is 5.84 Å². The van der Waals surface area contributed by atoms with Gasteiger partial charge in [-0.1, -0.05) is 0 Å². The fraction of sp³-hybridized carbons (Fsp3) is 0.333. The molecule has 0 atom stereocenters. The van der Waals surface area contributed by atoms with Crippen LogP contribution in [-0.2, 0) is 0 Å². The fourth-order valence-corrected chi connectivity index (χ4v) is 0.764. The minimum Gasteiger partial charge on any atom is -0.382 e. The maximum absolute atomic E-state index is 12.3. The summed E-state index contributed by atoms with van der Waals surface area (Å²) in [7, 11) is 0. The Bertz CT molecular complexity index is 283. The minimum atomic E-state index is -0.817. The first kappa shape index (κ1) is 11.6. The Kier molecular flexibility index (Phi) is 4.66. The zero-order valence-corrected chi connectivity index (χ0v) is 8.13. The molecule has 0 fully saturated rings. The summed E-state index contributed by atoms with van der Waals surface area (Å²) >= 11 is 0. The minimum absolute atomic E-state index is 0.0469. The van der Waals surface area contributed by atoms with Gasteiger partial charge in [-0.3, -0.25) is 4.99 Å². The van der Waals surface area contributed by atoms with Crippen LogP contribution in [-0.4, -0.2) is 12.1 Å². The maximum atomic E-state index is 12.3. The molecule has 0 saturated heterocycles. The molecular weight excluding hydrogens is 169 g/mol. The molecule has 0 bridgehead atoms. The van der Waals surface area contributed by atoms with Crippen molar-refractivity contribution in [2.24, 2.45) is 15.7 Å². The van der Waals surface area contributed by atoms with E-state index in [1.54, 1.807) is 13.1 Å². The number of hydrogen-bond donors (Lipinski definition) is 1. The molecule has 0 aromatic rings. The van der Waals surface area contributed by atoms with Crippen molar-refractivity contribution in [1.29, 1.82) is 0 Å². The lowest BCUT2D eigenvalue weighted by atomic mass is 10.2. The molecule has 72 valence electrons. The predicted octanol–water partition coefficient (Wildman–Crippen LogP) is 2.17. The van der Waals surface area contributed by atoms with Gasteiger partial charge in [-0.15, -0.1) is 0 Å². The maximum Gasteiger partial charge on any atom is 0.207 e. The molecule has 0 aliphatic carbocycles. The number of nitrogens with zero attached hydrogens (tertiary/aromatic N) is 2. The van der Waals surface area contributed by atoms with E-state index in [1.165, 1.54) is 0 Å². The molecule has 0 amide bonds. The second-order valence-electron chi connectivity index (χ2n) is 2.61. The van der Waals surface area contributed by atoms with Crippen LogP contribution in [0.2, 0.25) is 0 Å². The van der Waals surface area contributed by atoms with Gasteiger partial charge in [-0.25, -0.2) is 4.99 Å². The van der Waals surface area contributed by atoms with E-state index in [9.17, 15) is 4.39 Å². The van der Waals surface area contributed by atoms with Crippen molar-refractivity contribution in [2.45, 2.75) is 20.8 Å². The molecule has 4 heteroatoms. The highest BCUT2D eigenvalue weighted by Gasteiger charge is 2.02. The zero-order chi connectivity index (χ0) is 10.4. The van der Waals surface area contributed by atoms with Crippen molar-refractivity contribution in [3.05, 3.63) is 23.8 Å². The number of halogens is 1. The summed E-state index contributed by atoms with van der Waals surface area (Å²) in [6.45, 7) is 8.39. The number of aliphatic imine (C=N–C) groups is 2. The van der Waals surface area contributed by atoms with Crippen LogP contribution in [0.4, 0.5) is 4.39 Å². The van der Waals surface area contributed by atoms with E-state index < -0.39 is 5.95 Å². The summed E-state index contributed by atoms with van der Waals surface area (Å²) in [5.74, 6) is -0.770. The van der Waals surface area contributed by atoms with E-state index in [1.807, 2.05) is 13.8 Å². The molecule has 0 radical (unpaired) electrons. The monoisotopic (exact) mass is 183 g/mol. The Morgan fingerprint density at radius 2 is 2.00 bits per heavy atom. The normalized spacial score (nSPS) is 11.8. The van der Waals surface area contributed by atoms with Gasteiger partial charge in [0.2, 0.25) is 5.95 Å². The fourth-order valence-electron chi connectivity index (χ4n) is 0.764. The van der Waals surface area contributed by atoms with Crippen LogP contribution in [0.1, 0.15) is 20.8 Å². The third-order valence-electron chi connectivity index (χ3n) is 1.22. The summed E-state index contributed by atoms with van der Waals surface area (Å²) in [5.41, 5.74) is 6.85. The van der Waals surface area contributed by atoms with Crippen LogP contribution in [0, 0.1) is 0 Å². The molecule has 0 aliphatic heterocycles. The van der Waals surface area contributed by atoms with Gasteiger partial charge < -0.3 is 5.73 Å². The molecule has 0 heterocycles. The highest BCUT2D eigenvalue weighted by atomic mass is 19.1. The molecule has 3 nitrogen and oxygen atoms in total. The highest BCUT2D eigenvalue weighted by molar-refractivity contribution is 5.98. The van der Waals surface area contributed by atoms with Crippen LogP contribution >= 0.6 is 0 Å². The van der Waals surface area contributed by atoms with Crippen molar-refractivity contribution in [1.82, 2.24) is 0 Å². The Morgan fingerprint density at radius 3 is 2.31 bits per heavy atom. The van der Waals surface area contributed by atoms with Crippen LogP contribution in [0.3, 0.4) is 0 Å². The summed E-state index contributed by atoms with van der Waals surface area (Å²) in [4.78, 5) is 7.35. The van der Waals surface area contributed by atoms with Gasteiger partial charge in [-0.05, 0) is 32.9 Å². The molecule has 2 N–H and O–H groups in total. The molecular formula is C9H14FN3. The Hall–Kier alpha value is -1.45. The second-order valence-corrected chi connectivity index (χ2v) is 2.61. The number of allylic oxidation sites excluding steroid dienone is 1. The van der Waals surface area contributed by atoms with Crippen molar-refractivity contribution in [3.63, 3.8) is 0 Å². The van der Waals surface area contributed by atoms with Gasteiger partial charge in [-0.2, -0.15) is 4.39 Å². The Labute approximate surface area is 77.6 Å². The molecule has 0 aliphatic rings. The van der Waals surface area contributed by atoms with E-state index in [0.717, 1.165) is 5.57 Å². The van der Waals surface area contributed by atoms with Crippen molar-refractivity contribution < 1.29 is 4.39 Å². The predicted molar refractivity (Wildman–Crippen MR) is 54.4 cm³/mol. The molecule has 0 unspecified atom stereocenters. The van der Waals surface area contributed by atoms with Crippen molar-refractivity contribution in [3.8, 4) is 0 Å². The van der Waals surface area contributed by atoms with Crippen LogP contribution in [0.5, 0.6) is 0 Å². The SMILES string of the molecule is C=C(F)/N=C(/N)C(N=CC)=C(C)C. The van der Waals surface area contributed by atoms with Gasteiger partial charge in [0, 0.05) is 6.21 Å². The molecule has 0 rings (SSSR count). The molecule has 0 saturated carbocycles. The second kappa shape index (κ2) is 5.24. The first-order valence-corrected chi connectivity index (χ1v) is 3.84. The average Bonchev–Trinajstić information content (AvgIpc) is 1.97. The Balaban J connectivity index is 5.00. The van der Waals surface area contributed by atoms with Gasteiger partial charge in [0.15, 0.2) is 5.84 Å². The first-order chi connectivity index (χ1) is 5.99. The number of nitrogens with two attached hydrogens (primary N) is 1. The van der Waals surface area contributed by atoms with E-state index in [0.29, 0.717) is 5.70 Å². The number of hydrogen-bond acceptors (Lipinski definition) is 2. The zero-order valence-electron chi connectivity index (χ0n) is 8.13. The molecule has 0 aromatic carbocycles. The topological polar surface area (TPSA) is 50.7 Å². The summed E-state index contributed by atoms with van der Waals surface area (Å²) in [6, 6.07) is 0. The van der Waals surface area contributed by atoms with Crippen molar-refractivity contribution in [2.75, 3.05) is 0 Å². The summed E-state index contributed by atoms with van der Waals surface area (Å²) in [5, 5.41) is 0. The van der Waals surface area contributed by atoms with Gasteiger partial charge in [0.05, 0.1) is 0 Å². The standard InChI is InChI=1S/C9H14FN3/c1-5-12-8(6(2)3)9(11)13-7(4)10/h5H,4H2,1-3H3,(H2,11,13). The average molecular weight is 183 g/mol. The smallest absolute Gasteiger partial charge is 0.207 e. The lowest BCUT2D eigenvalue weighted by Crippen LogP contribution is -2.14. The van der Waals surface area contributed by atoms with Gasteiger partial charge in [0.1, 0.15) is 5.70 Å². The lowest BCUT2D eigenvalue weighted by Gasteiger charge is -2.02. The van der Waals surface area contributed by atoms with Crippen molar-refractivity contribution >= 4 is 12.1 Å². The summed E-state index contributed by atoms with van der Waals surface area (Å²) < 4.78 is 12.3. The lowest BCUT2D eigenvalue weighted by molar-refractivity contribution is 0.632.